The molecule has 8 bridgehead atoms. The molecule has 10 nitrogen and oxygen atoms in total. The van der Waals surface area contributed by atoms with Crippen LogP contribution in [0.15, 0.2) is 158 Å². The van der Waals surface area contributed by atoms with E-state index in [4.69, 9.17) is 9.47 Å². The van der Waals surface area contributed by atoms with Gasteiger partial charge in [-0.15, -0.1) is 0 Å². The van der Waals surface area contributed by atoms with Crippen LogP contribution in [0.4, 0.5) is 11.4 Å². The number of hydrogen-bond acceptors (Lipinski definition) is 6. The molecule has 0 aliphatic carbocycles. The predicted octanol–water partition coefficient (Wildman–Crippen LogP) is 8.90. The van der Waals surface area contributed by atoms with Gasteiger partial charge in [0.1, 0.15) is 0 Å². The Morgan fingerprint density at radius 2 is 0.771 bits per heavy atom. The molecule has 0 atom stereocenters. The summed E-state index contributed by atoms with van der Waals surface area (Å²) in [7, 11) is 2.81. The molecule has 0 radical (unpaired) electrons. The van der Waals surface area contributed by atoms with E-state index in [9.17, 15) is 9.59 Å². The van der Waals surface area contributed by atoms with Crippen molar-refractivity contribution in [3.05, 3.63) is 235 Å². The number of nitrogens with zero attached hydrogens (tertiary/aromatic N) is 2. The van der Waals surface area contributed by atoms with Crippen LogP contribution in [0.25, 0.3) is 34.4 Å². The van der Waals surface area contributed by atoms with Crippen LogP contribution in [0.3, 0.4) is 0 Å². The van der Waals surface area contributed by atoms with Crippen molar-refractivity contribution in [2.45, 2.75) is 27.7 Å². The molecule has 0 saturated carbocycles. The molecule has 9 rings (SSSR count). The molecule has 0 amide bonds. The van der Waals surface area contributed by atoms with Crippen LogP contribution in [-0.4, -0.2) is 72.3 Å². The second-order valence-electron chi connectivity index (χ2n) is 17.0. The van der Waals surface area contributed by atoms with E-state index < -0.39 is 11.9 Å². The number of methoxy groups -OCH3 is 2. The Kier molecular flexibility index (Phi) is 13.8. The molecule has 1 aliphatic rings. The van der Waals surface area contributed by atoms with Crippen LogP contribution < -0.4 is 31.2 Å². The summed E-state index contributed by atoms with van der Waals surface area (Å²) in [6, 6.07) is 48.8. The average Bonchev–Trinajstić information content (AvgIpc) is 4.26. The monoisotopic (exact) mass is 926 g/mol. The summed E-state index contributed by atoms with van der Waals surface area (Å²) in [6.45, 7) is 12.4. The third-order valence-electron chi connectivity index (χ3n) is 13.1. The Balaban J connectivity index is 1.33. The summed E-state index contributed by atoms with van der Waals surface area (Å²) in [5, 5.41) is 3.26. The maximum absolute atomic E-state index is 13.5. The first kappa shape index (κ1) is 46.6. The first-order valence-electron chi connectivity index (χ1n) is 23.9. The number of aromatic nitrogens is 4. The Bertz CT molecular complexity index is 3270. The van der Waals surface area contributed by atoms with Crippen LogP contribution in [0.5, 0.6) is 0 Å². The SMILES string of the molecule is CCN(CC)c1ccc(C=CC2=c3ccc([nH]3)=C(c3ccccc3C(=O)OC)c3ccc([nH]3)C(C=Cc3ccc(N(CC)CC)cc3)=c3ccc([nH]3)=C(c3ccccc3C(=O)OC)c3ccc2[nH]3)cc1. The number of nitrogens with one attached hydrogen (secondary N) is 4. The molecular formula is C60H58N6O4. The van der Waals surface area contributed by atoms with Gasteiger partial charge in [-0.1, -0.05) is 85.0 Å². The molecule has 0 saturated heterocycles. The Hall–Kier alpha value is -8.50. The minimum atomic E-state index is -0.433. The molecule has 4 N–H and O–H groups in total. The number of allylic oxidation sites excluding steroid dienone is 2. The third-order valence-corrected chi connectivity index (χ3v) is 13.1. The van der Waals surface area contributed by atoms with E-state index in [-0.39, 0.29) is 0 Å². The molecule has 8 aromatic rings. The Morgan fingerprint density at radius 1 is 0.414 bits per heavy atom. The molecule has 70 heavy (non-hydrogen) atoms. The van der Waals surface area contributed by atoms with E-state index in [1.54, 1.807) is 12.1 Å². The van der Waals surface area contributed by atoms with Gasteiger partial charge in [-0.2, -0.15) is 0 Å². The molecule has 1 aliphatic heterocycles. The van der Waals surface area contributed by atoms with Crippen molar-refractivity contribution in [3.8, 4) is 0 Å². The fourth-order valence-electron chi connectivity index (χ4n) is 9.42. The summed E-state index contributed by atoms with van der Waals surface area (Å²) < 4.78 is 10.7. The number of aromatic amines is 4. The molecule has 352 valence electrons. The second-order valence-corrected chi connectivity index (χ2v) is 17.0. The lowest BCUT2D eigenvalue weighted by molar-refractivity contribution is 0.0591. The lowest BCUT2D eigenvalue weighted by Crippen LogP contribution is -2.21. The zero-order valence-electron chi connectivity index (χ0n) is 40.5. The average molecular weight is 927 g/mol. The first-order valence-corrected chi connectivity index (χ1v) is 23.9. The Labute approximate surface area is 408 Å². The highest BCUT2D eigenvalue weighted by molar-refractivity contribution is 5.99. The van der Waals surface area contributed by atoms with Gasteiger partial charge in [0.05, 0.1) is 25.3 Å². The number of carbonyl (C=O) groups excluding carboxylic acids is 2. The molecule has 0 spiro atoms. The van der Waals surface area contributed by atoms with Crippen molar-refractivity contribution in [1.29, 1.82) is 0 Å². The minimum Gasteiger partial charge on any atom is -0.465 e. The van der Waals surface area contributed by atoms with Gasteiger partial charge >= 0.3 is 11.9 Å². The van der Waals surface area contributed by atoms with E-state index in [1.165, 1.54) is 25.6 Å². The summed E-state index contributed by atoms with van der Waals surface area (Å²) in [6.07, 6.45) is 8.48. The summed E-state index contributed by atoms with van der Waals surface area (Å²) >= 11 is 0. The van der Waals surface area contributed by atoms with Crippen molar-refractivity contribution in [3.63, 3.8) is 0 Å². The van der Waals surface area contributed by atoms with Crippen LogP contribution in [0, 0.1) is 0 Å². The molecule has 4 aromatic carbocycles. The number of esters is 2. The summed E-state index contributed by atoms with van der Waals surface area (Å²) in [4.78, 5) is 46.7. The predicted molar refractivity (Wildman–Crippen MR) is 284 cm³/mol. The van der Waals surface area contributed by atoms with Gasteiger partial charge in [0.25, 0.3) is 0 Å². The van der Waals surface area contributed by atoms with Gasteiger partial charge in [-0.25, -0.2) is 9.59 Å². The number of rotatable bonds is 14. The van der Waals surface area contributed by atoms with E-state index in [0.717, 1.165) is 104 Å². The zero-order chi connectivity index (χ0) is 48.7. The second kappa shape index (κ2) is 20.8. The smallest absolute Gasteiger partial charge is 0.338 e. The van der Waals surface area contributed by atoms with Crippen LogP contribution in [0.2, 0.25) is 0 Å². The van der Waals surface area contributed by atoms with Crippen LogP contribution in [0.1, 0.15) is 93.4 Å². The number of ether oxygens (including phenoxy) is 2. The number of hydrogen-bond donors (Lipinski definition) is 4. The van der Waals surface area contributed by atoms with E-state index >= 15 is 0 Å². The number of benzene rings is 4. The molecule has 5 heterocycles. The fraction of sp³-hybridized carbons (Fsp3) is 0.167. The van der Waals surface area contributed by atoms with Crippen molar-refractivity contribution in [1.82, 2.24) is 19.9 Å². The van der Waals surface area contributed by atoms with Gasteiger partial charge in [0.2, 0.25) is 0 Å². The molecule has 4 aromatic heterocycles. The van der Waals surface area contributed by atoms with Gasteiger partial charge in [0.15, 0.2) is 0 Å². The first-order chi connectivity index (χ1) is 34.2. The van der Waals surface area contributed by atoms with Crippen molar-refractivity contribution >= 4 is 57.8 Å². The number of H-pyrrole nitrogens is 4. The molecular weight excluding hydrogens is 869 g/mol. The molecule has 0 unspecified atom stereocenters. The highest BCUT2D eigenvalue weighted by Crippen LogP contribution is 2.29. The van der Waals surface area contributed by atoms with Crippen molar-refractivity contribution in [2.75, 3.05) is 50.2 Å². The van der Waals surface area contributed by atoms with Crippen molar-refractivity contribution in [2.24, 2.45) is 0 Å². The largest absolute Gasteiger partial charge is 0.465 e. The highest BCUT2D eigenvalue weighted by Gasteiger charge is 2.22. The number of anilines is 2. The normalized spacial score (nSPS) is 12.5. The summed E-state index contributed by atoms with van der Waals surface area (Å²) in [5.41, 5.74) is 13.4. The van der Waals surface area contributed by atoms with Crippen LogP contribution in [-0.2, 0) is 9.47 Å². The maximum Gasteiger partial charge on any atom is 0.338 e. The molecule has 10 heteroatoms. The lowest BCUT2D eigenvalue weighted by atomic mass is 9.97. The highest BCUT2D eigenvalue weighted by atomic mass is 16.5. The standard InChI is InChI=1S/C60H58N6O4/c1-7-65(8-2)41-25-19-39(20-26-41)23-29-47-49-31-35-53(61-49)57(43-15-11-13-17-45(43)59(67)69-5)55-37-33-51(63-55)48(30-24-40-21-27-42(28-22-40)66(9-3)10-4)52-34-38-56(64-52)58(54-36-32-50(47)62-54)44-16-12-14-18-46(44)60(68)70-6/h11-38,61-64H,7-10H2,1-6H3. The fourth-order valence-corrected chi connectivity index (χ4v) is 9.42. The van der Waals surface area contributed by atoms with Gasteiger partial charge in [0, 0.05) is 115 Å². The quantitative estimate of drug-likeness (QED) is 0.0809. The van der Waals surface area contributed by atoms with E-state index in [0.29, 0.717) is 22.3 Å². The van der Waals surface area contributed by atoms with Crippen LogP contribution >= 0.6 is 0 Å². The van der Waals surface area contributed by atoms with Gasteiger partial charge < -0.3 is 39.2 Å². The van der Waals surface area contributed by atoms with E-state index in [1.807, 2.05) is 36.4 Å². The van der Waals surface area contributed by atoms with Gasteiger partial charge in [-0.05, 0) is 124 Å². The minimum absolute atomic E-state index is 0.433. The molecule has 0 fully saturated rings. The Morgan fingerprint density at radius 3 is 1.14 bits per heavy atom. The number of carbonyl (C=O) groups is 2. The lowest BCUT2D eigenvalue weighted by Gasteiger charge is -2.20. The van der Waals surface area contributed by atoms with E-state index in [2.05, 4.69) is 179 Å². The number of fused-ring (bicyclic) bond motifs is 8. The van der Waals surface area contributed by atoms with Gasteiger partial charge in [-0.3, -0.25) is 0 Å². The third kappa shape index (κ3) is 9.36. The topological polar surface area (TPSA) is 122 Å². The summed E-state index contributed by atoms with van der Waals surface area (Å²) in [5.74, 6) is -0.867. The maximum atomic E-state index is 13.5. The van der Waals surface area contributed by atoms with Crippen molar-refractivity contribution < 1.29 is 19.1 Å². The zero-order valence-corrected chi connectivity index (χ0v) is 40.5.